The molecule has 0 aliphatic rings. The van der Waals surface area contributed by atoms with E-state index in [0.717, 1.165) is 0 Å². The van der Waals surface area contributed by atoms with E-state index in [-0.39, 0.29) is 43.8 Å². The molecule has 20 nitrogen and oxygen atoms in total. The van der Waals surface area contributed by atoms with Gasteiger partial charge in [0.25, 0.3) is 0 Å². The number of aliphatic carboxylic acids is 1. The highest BCUT2D eigenvalue weighted by Crippen LogP contribution is 2.13. The molecule has 2 heterocycles. The largest absolute Gasteiger partial charge is 0.508 e. The van der Waals surface area contributed by atoms with E-state index in [4.69, 9.17) is 5.73 Å². The van der Waals surface area contributed by atoms with Crippen molar-refractivity contribution in [2.75, 3.05) is 6.54 Å². The maximum absolute atomic E-state index is 13.9. The van der Waals surface area contributed by atoms with Crippen LogP contribution in [0.2, 0.25) is 0 Å². The number of hydrogen-bond acceptors (Lipinski definition) is 11. The average molecular weight is 844 g/mol. The van der Waals surface area contributed by atoms with Crippen molar-refractivity contribution >= 4 is 41.4 Å². The number of carboxylic acid groups (broad SMARTS) is 1. The van der Waals surface area contributed by atoms with Gasteiger partial charge in [-0.3, -0.25) is 28.8 Å². The van der Waals surface area contributed by atoms with Gasteiger partial charge < -0.3 is 57.8 Å². The van der Waals surface area contributed by atoms with Crippen molar-refractivity contribution < 1.29 is 43.8 Å². The molecule has 6 amide bonds. The van der Waals surface area contributed by atoms with Crippen LogP contribution in [0.1, 0.15) is 49.7 Å². The van der Waals surface area contributed by atoms with E-state index < -0.39 is 84.2 Å². The zero-order valence-corrected chi connectivity index (χ0v) is 34.0. The van der Waals surface area contributed by atoms with Crippen LogP contribution < -0.4 is 37.6 Å². The molecule has 4 aromatic rings. The van der Waals surface area contributed by atoms with E-state index in [9.17, 15) is 43.8 Å². The second kappa shape index (κ2) is 22.9. The first-order valence-electron chi connectivity index (χ1n) is 19.6. The molecule has 0 fully saturated rings. The number of carboxylic acids is 1. The molecule has 326 valence electrons. The van der Waals surface area contributed by atoms with Gasteiger partial charge in [-0.2, -0.15) is 0 Å². The second-order valence-corrected chi connectivity index (χ2v) is 14.9. The number of carbonyl (C=O) groups is 7. The maximum atomic E-state index is 13.9. The Labute approximate surface area is 351 Å². The number of benzene rings is 2. The molecule has 0 saturated carbocycles. The van der Waals surface area contributed by atoms with Crippen LogP contribution in [0, 0.1) is 5.92 Å². The Morgan fingerprint density at radius 2 is 1.13 bits per heavy atom. The van der Waals surface area contributed by atoms with Crippen LogP contribution in [0.5, 0.6) is 5.75 Å². The number of aromatic nitrogens is 4. The molecule has 12 N–H and O–H groups in total. The summed E-state index contributed by atoms with van der Waals surface area (Å²) >= 11 is 0. The van der Waals surface area contributed by atoms with Crippen LogP contribution in [0.15, 0.2) is 79.6 Å². The minimum atomic E-state index is -1.29. The Morgan fingerprint density at radius 1 is 0.623 bits per heavy atom. The number of hydrogen-bond donors (Lipinski definition) is 11. The van der Waals surface area contributed by atoms with Gasteiger partial charge >= 0.3 is 5.97 Å². The molecule has 0 unspecified atom stereocenters. The fraction of sp³-hybridized carbons (Fsp3) is 0.390. The molecular formula is C41H53N11O9. The predicted octanol–water partition coefficient (Wildman–Crippen LogP) is -0.873. The maximum Gasteiger partial charge on any atom is 0.326 e. The zero-order chi connectivity index (χ0) is 44.5. The quantitative estimate of drug-likeness (QED) is 0.0434. The Kier molecular flexibility index (Phi) is 17.5. The lowest BCUT2D eigenvalue weighted by molar-refractivity contribution is -0.142. The zero-order valence-electron chi connectivity index (χ0n) is 34.0. The first-order chi connectivity index (χ1) is 29.1. The number of nitrogens with zero attached hydrogens (tertiary/aromatic N) is 2. The first-order valence-corrected chi connectivity index (χ1v) is 19.6. The third-order valence-electron chi connectivity index (χ3n) is 9.38. The van der Waals surface area contributed by atoms with Gasteiger partial charge in [0.15, 0.2) is 0 Å². The average Bonchev–Trinajstić information content (AvgIpc) is 3.94. The van der Waals surface area contributed by atoms with Crippen molar-refractivity contribution in [1.82, 2.24) is 51.8 Å². The summed E-state index contributed by atoms with van der Waals surface area (Å²) in [4.78, 5) is 106. The van der Waals surface area contributed by atoms with E-state index in [1.165, 1.54) is 44.1 Å². The van der Waals surface area contributed by atoms with E-state index in [1.807, 2.05) is 13.8 Å². The minimum absolute atomic E-state index is 0.00596. The topological polar surface area (TPSA) is 316 Å². The molecule has 0 bridgehead atoms. The molecule has 2 aromatic carbocycles. The number of phenolic OH excluding ortho intramolecular Hbond substituents is 1. The Bertz CT molecular complexity index is 2060. The lowest BCUT2D eigenvalue weighted by atomic mass is 10.0. The van der Waals surface area contributed by atoms with Crippen LogP contribution in [-0.2, 0) is 59.2 Å². The van der Waals surface area contributed by atoms with Crippen LogP contribution in [0.3, 0.4) is 0 Å². The van der Waals surface area contributed by atoms with E-state index in [2.05, 4.69) is 51.8 Å². The van der Waals surface area contributed by atoms with Crippen LogP contribution in [0.4, 0.5) is 0 Å². The van der Waals surface area contributed by atoms with Crippen molar-refractivity contribution in [3.05, 3.63) is 102 Å². The van der Waals surface area contributed by atoms with Crippen molar-refractivity contribution in [2.45, 2.75) is 89.1 Å². The van der Waals surface area contributed by atoms with E-state index in [1.54, 1.807) is 42.5 Å². The highest BCUT2D eigenvalue weighted by atomic mass is 16.4. The number of imidazole rings is 2. The molecule has 0 saturated heterocycles. The smallest absolute Gasteiger partial charge is 0.326 e. The summed E-state index contributed by atoms with van der Waals surface area (Å²) in [6.07, 6.45) is 5.94. The predicted molar refractivity (Wildman–Crippen MR) is 220 cm³/mol. The summed E-state index contributed by atoms with van der Waals surface area (Å²) in [5.41, 5.74) is 8.47. The van der Waals surface area contributed by atoms with E-state index >= 15 is 0 Å². The Morgan fingerprint density at radius 3 is 1.67 bits per heavy atom. The van der Waals surface area contributed by atoms with Gasteiger partial charge in [0.05, 0.1) is 25.2 Å². The molecule has 0 aliphatic carbocycles. The Balaban J connectivity index is 1.41. The fourth-order valence-corrected chi connectivity index (χ4v) is 6.15. The number of amides is 6. The molecule has 0 spiro atoms. The van der Waals surface area contributed by atoms with Gasteiger partial charge in [0.1, 0.15) is 36.0 Å². The third-order valence-corrected chi connectivity index (χ3v) is 9.38. The van der Waals surface area contributed by atoms with Gasteiger partial charge in [-0.05, 0) is 42.5 Å². The fourth-order valence-electron chi connectivity index (χ4n) is 6.15. The molecule has 0 radical (unpaired) electrons. The van der Waals surface area contributed by atoms with Crippen molar-refractivity contribution in [1.29, 1.82) is 0 Å². The van der Waals surface area contributed by atoms with Gasteiger partial charge in [0.2, 0.25) is 35.4 Å². The van der Waals surface area contributed by atoms with Crippen LogP contribution in [0.25, 0.3) is 0 Å². The molecule has 61 heavy (non-hydrogen) atoms. The summed E-state index contributed by atoms with van der Waals surface area (Å²) in [6, 6.07) is 7.60. The number of carbonyl (C=O) groups excluding carboxylic acids is 6. The number of aromatic amines is 2. The standard InChI is InChI=1S/C41H53N11O9/c1-23(2)13-34(41(60)61)52-40(59)31(14-25-7-5-4-6-8-25)49-36(55)24(3)48-35(54)20-45-38(57)33(17-28-19-44-22-47-28)51-39(58)32(15-26-9-11-29(53)12-10-26)50-37(56)30(42)16-27-18-43-21-46-27/h4-12,18-19,21-24,30-34,53H,13-17,20,42H2,1-3H3,(H,43,46)(H,44,47)(H,45,57)(H,48,54)(H,49,55)(H,50,56)(H,51,58)(H,52,59)(H,60,61)/t24-,30-,31-,32-,33-,34-/m0/s1. The lowest BCUT2D eigenvalue weighted by Gasteiger charge is -2.25. The second-order valence-electron chi connectivity index (χ2n) is 14.9. The monoisotopic (exact) mass is 843 g/mol. The Hall–Kier alpha value is -7.09. The van der Waals surface area contributed by atoms with Gasteiger partial charge in [-0.25, -0.2) is 14.8 Å². The summed E-state index contributed by atoms with van der Waals surface area (Å²) in [6.45, 7) is 4.38. The van der Waals surface area contributed by atoms with Gasteiger partial charge in [-0.15, -0.1) is 0 Å². The van der Waals surface area contributed by atoms with Crippen molar-refractivity contribution in [3.63, 3.8) is 0 Å². The molecular weight excluding hydrogens is 791 g/mol. The van der Waals surface area contributed by atoms with Crippen LogP contribution >= 0.6 is 0 Å². The van der Waals surface area contributed by atoms with Gasteiger partial charge in [0, 0.05) is 49.5 Å². The summed E-state index contributed by atoms with van der Waals surface area (Å²) in [5.74, 6) is -5.70. The van der Waals surface area contributed by atoms with Gasteiger partial charge in [-0.1, -0.05) is 56.3 Å². The molecule has 6 atom stereocenters. The molecule has 4 rings (SSSR count). The minimum Gasteiger partial charge on any atom is -0.508 e. The SMILES string of the molecule is CC(C)C[C@H](NC(=O)[C@H](Cc1ccccc1)NC(=O)[C@H](C)NC(=O)CNC(=O)[C@H](Cc1cnc[nH]1)NC(=O)[C@H](Cc1ccc(O)cc1)NC(=O)[C@@H](N)Cc1cnc[nH]1)C(=O)O. The number of phenols is 1. The van der Waals surface area contributed by atoms with Crippen molar-refractivity contribution in [3.8, 4) is 5.75 Å². The third kappa shape index (κ3) is 15.5. The lowest BCUT2D eigenvalue weighted by Crippen LogP contribution is -2.58. The number of H-pyrrole nitrogens is 2. The molecule has 2 aromatic heterocycles. The molecule has 20 heteroatoms. The summed E-state index contributed by atoms with van der Waals surface area (Å²) in [5, 5.41) is 34.8. The van der Waals surface area contributed by atoms with Crippen LogP contribution in [-0.4, -0.2) is 114 Å². The summed E-state index contributed by atoms with van der Waals surface area (Å²) < 4.78 is 0. The number of rotatable bonds is 23. The highest BCUT2D eigenvalue weighted by molar-refractivity contribution is 5.96. The highest BCUT2D eigenvalue weighted by Gasteiger charge is 2.31. The number of nitrogens with one attached hydrogen (secondary N) is 8. The normalized spacial score (nSPS) is 14.0. The first kappa shape index (κ1) is 46.6. The number of aromatic hydroxyl groups is 1. The number of nitrogens with two attached hydrogens (primary N) is 1. The summed E-state index contributed by atoms with van der Waals surface area (Å²) in [7, 11) is 0. The van der Waals surface area contributed by atoms with E-state index in [0.29, 0.717) is 22.5 Å². The van der Waals surface area contributed by atoms with Crippen molar-refractivity contribution in [2.24, 2.45) is 11.7 Å². The molecule has 0 aliphatic heterocycles.